The van der Waals surface area contributed by atoms with Crippen LogP contribution in [0.3, 0.4) is 0 Å². The summed E-state index contributed by atoms with van der Waals surface area (Å²) in [5, 5.41) is 13.1. The maximum Gasteiger partial charge on any atom is 0.246 e. The maximum absolute atomic E-state index is 12.3. The number of anilines is 1. The predicted octanol–water partition coefficient (Wildman–Crippen LogP) is 1.78. The first-order valence-corrected chi connectivity index (χ1v) is 8.45. The van der Waals surface area contributed by atoms with Gasteiger partial charge in [-0.25, -0.2) is 0 Å². The highest BCUT2D eigenvalue weighted by Crippen LogP contribution is 2.30. The van der Waals surface area contributed by atoms with E-state index >= 15 is 0 Å². The van der Waals surface area contributed by atoms with Gasteiger partial charge in [-0.1, -0.05) is 37.5 Å². The Morgan fingerprint density at radius 1 is 1.17 bits per heavy atom. The molecule has 0 radical (unpaired) electrons. The normalized spacial score (nSPS) is 19.3. The van der Waals surface area contributed by atoms with Crippen molar-refractivity contribution in [1.29, 1.82) is 0 Å². The molecule has 0 saturated heterocycles. The lowest BCUT2D eigenvalue weighted by atomic mass is 9.82. The van der Waals surface area contributed by atoms with Gasteiger partial charge in [-0.05, 0) is 30.9 Å². The second-order valence-electron chi connectivity index (χ2n) is 6.66. The molecule has 3 rings (SSSR count). The van der Waals surface area contributed by atoms with Crippen molar-refractivity contribution >= 4 is 17.5 Å². The molecule has 1 aromatic rings. The van der Waals surface area contributed by atoms with E-state index in [4.69, 9.17) is 0 Å². The SMILES string of the molecule is O=C(CC1(O)CCCCC1)NCC(=O)N1CCc2ccccc21. The minimum absolute atomic E-state index is 0.0107. The summed E-state index contributed by atoms with van der Waals surface area (Å²) in [5.74, 6) is -0.339. The summed E-state index contributed by atoms with van der Waals surface area (Å²) in [6.07, 6.45) is 5.35. The number of rotatable bonds is 4. The number of aliphatic hydroxyl groups is 1. The van der Waals surface area contributed by atoms with Crippen molar-refractivity contribution in [2.45, 2.75) is 50.5 Å². The molecule has 124 valence electrons. The van der Waals surface area contributed by atoms with E-state index in [1.54, 1.807) is 4.90 Å². The maximum atomic E-state index is 12.3. The molecule has 2 aliphatic rings. The van der Waals surface area contributed by atoms with Crippen molar-refractivity contribution < 1.29 is 14.7 Å². The zero-order chi connectivity index (χ0) is 16.3. The number of hydrogen-bond acceptors (Lipinski definition) is 3. The van der Waals surface area contributed by atoms with Gasteiger partial charge in [-0.2, -0.15) is 0 Å². The highest BCUT2D eigenvalue weighted by Gasteiger charge is 2.32. The average molecular weight is 316 g/mol. The van der Waals surface area contributed by atoms with Gasteiger partial charge in [0.25, 0.3) is 0 Å². The number of carbonyl (C=O) groups excluding carboxylic acids is 2. The van der Waals surface area contributed by atoms with E-state index in [9.17, 15) is 14.7 Å². The number of carbonyl (C=O) groups is 2. The van der Waals surface area contributed by atoms with E-state index in [2.05, 4.69) is 5.32 Å². The quantitative estimate of drug-likeness (QED) is 0.889. The summed E-state index contributed by atoms with van der Waals surface area (Å²) < 4.78 is 0. The van der Waals surface area contributed by atoms with Crippen LogP contribution in [-0.2, 0) is 16.0 Å². The van der Waals surface area contributed by atoms with E-state index in [0.29, 0.717) is 19.4 Å². The first kappa shape index (κ1) is 16.0. The molecule has 1 saturated carbocycles. The van der Waals surface area contributed by atoms with Crippen LogP contribution in [0.4, 0.5) is 5.69 Å². The van der Waals surface area contributed by atoms with Crippen molar-refractivity contribution in [1.82, 2.24) is 5.32 Å². The topological polar surface area (TPSA) is 69.6 Å². The highest BCUT2D eigenvalue weighted by molar-refractivity contribution is 5.98. The Hall–Kier alpha value is -1.88. The second-order valence-corrected chi connectivity index (χ2v) is 6.66. The molecule has 0 spiro atoms. The standard InChI is InChI=1S/C18H24N2O3/c21-16(12-18(23)9-4-1-5-10-18)19-13-17(22)20-11-8-14-6-2-3-7-15(14)20/h2-3,6-7,23H,1,4-5,8-13H2,(H,19,21). The van der Waals surface area contributed by atoms with Crippen LogP contribution < -0.4 is 10.2 Å². The fraction of sp³-hybridized carbons (Fsp3) is 0.556. The molecule has 2 amide bonds. The molecule has 5 heteroatoms. The summed E-state index contributed by atoms with van der Waals surface area (Å²) in [6, 6.07) is 7.85. The van der Waals surface area contributed by atoms with Gasteiger partial charge >= 0.3 is 0 Å². The number of benzene rings is 1. The lowest BCUT2D eigenvalue weighted by Gasteiger charge is -2.31. The molecule has 1 fully saturated rings. The molecule has 2 N–H and O–H groups in total. The highest BCUT2D eigenvalue weighted by atomic mass is 16.3. The molecule has 0 bridgehead atoms. The number of para-hydroxylation sites is 1. The smallest absolute Gasteiger partial charge is 0.246 e. The molecule has 1 heterocycles. The molecule has 0 atom stereocenters. The third kappa shape index (κ3) is 3.72. The summed E-state index contributed by atoms with van der Waals surface area (Å²) in [7, 11) is 0. The zero-order valence-electron chi connectivity index (χ0n) is 13.4. The van der Waals surface area contributed by atoms with Gasteiger partial charge in [0.05, 0.1) is 18.6 Å². The van der Waals surface area contributed by atoms with Crippen molar-refractivity contribution in [2.75, 3.05) is 18.0 Å². The number of hydrogen-bond donors (Lipinski definition) is 2. The van der Waals surface area contributed by atoms with E-state index < -0.39 is 5.60 Å². The van der Waals surface area contributed by atoms with Gasteiger partial charge in [-0.3, -0.25) is 9.59 Å². The number of nitrogens with one attached hydrogen (secondary N) is 1. The summed E-state index contributed by atoms with van der Waals surface area (Å²) in [4.78, 5) is 26.1. The fourth-order valence-electron chi connectivity index (χ4n) is 3.61. The fourth-order valence-corrected chi connectivity index (χ4v) is 3.61. The first-order valence-electron chi connectivity index (χ1n) is 8.45. The van der Waals surface area contributed by atoms with Gasteiger partial charge in [0, 0.05) is 12.2 Å². The Labute approximate surface area is 136 Å². The van der Waals surface area contributed by atoms with Crippen molar-refractivity contribution in [2.24, 2.45) is 0 Å². The Kier molecular flexibility index (Phi) is 4.66. The third-order valence-electron chi connectivity index (χ3n) is 4.90. The van der Waals surface area contributed by atoms with E-state index in [-0.39, 0.29) is 24.8 Å². The second kappa shape index (κ2) is 6.71. The Morgan fingerprint density at radius 3 is 2.70 bits per heavy atom. The van der Waals surface area contributed by atoms with Gasteiger partial charge in [0.2, 0.25) is 11.8 Å². The third-order valence-corrected chi connectivity index (χ3v) is 4.90. The van der Waals surface area contributed by atoms with Crippen LogP contribution >= 0.6 is 0 Å². The van der Waals surface area contributed by atoms with Crippen LogP contribution in [0.1, 0.15) is 44.1 Å². The van der Waals surface area contributed by atoms with Gasteiger partial charge in [0.1, 0.15) is 0 Å². The number of fused-ring (bicyclic) bond motifs is 1. The lowest BCUT2D eigenvalue weighted by molar-refractivity contribution is -0.129. The van der Waals surface area contributed by atoms with E-state index in [1.807, 2.05) is 24.3 Å². The van der Waals surface area contributed by atoms with Crippen LogP contribution in [0.15, 0.2) is 24.3 Å². The van der Waals surface area contributed by atoms with Gasteiger partial charge in [-0.15, -0.1) is 0 Å². The number of nitrogens with zero attached hydrogens (tertiary/aromatic N) is 1. The Balaban J connectivity index is 1.50. The molecular formula is C18H24N2O3. The monoisotopic (exact) mass is 316 g/mol. The summed E-state index contributed by atoms with van der Waals surface area (Å²) in [6.45, 7) is 0.654. The molecule has 0 unspecified atom stereocenters. The minimum Gasteiger partial charge on any atom is -0.389 e. The van der Waals surface area contributed by atoms with Crippen molar-refractivity contribution in [3.63, 3.8) is 0 Å². The van der Waals surface area contributed by atoms with Crippen LogP contribution in [0.2, 0.25) is 0 Å². The average Bonchev–Trinajstić information content (AvgIpc) is 2.97. The van der Waals surface area contributed by atoms with Crippen LogP contribution in [0.25, 0.3) is 0 Å². The lowest BCUT2D eigenvalue weighted by Crippen LogP contribution is -2.43. The van der Waals surface area contributed by atoms with Crippen LogP contribution in [0, 0.1) is 0 Å². The molecule has 1 aliphatic heterocycles. The molecule has 1 aliphatic carbocycles. The van der Waals surface area contributed by atoms with Crippen molar-refractivity contribution in [3.8, 4) is 0 Å². The van der Waals surface area contributed by atoms with E-state index in [1.165, 1.54) is 5.56 Å². The first-order chi connectivity index (χ1) is 11.1. The molecule has 23 heavy (non-hydrogen) atoms. The van der Waals surface area contributed by atoms with Crippen LogP contribution in [-0.4, -0.2) is 35.6 Å². The largest absolute Gasteiger partial charge is 0.389 e. The Bertz CT molecular complexity index is 594. The van der Waals surface area contributed by atoms with Crippen LogP contribution in [0.5, 0.6) is 0 Å². The summed E-state index contributed by atoms with van der Waals surface area (Å²) in [5.41, 5.74) is 1.23. The number of amides is 2. The van der Waals surface area contributed by atoms with Crippen molar-refractivity contribution in [3.05, 3.63) is 29.8 Å². The minimum atomic E-state index is -0.883. The van der Waals surface area contributed by atoms with Gasteiger partial charge < -0.3 is 15.3 Å². The zero-order valence-corrected chi connectivity index (χ0v) is 13.4. The summed E-state index contributed by atoms with van der Waals surface area (Å²) >= 11 is 0. The Morgan fingerprint density at radius 2 is 1.91 bits per heavy atom. The molecule has 5 nitrogen and oxygen atoms in total. The molecular weight excluding hydrogens is 292 g/mol. The predicted molar refractivity (Wildman–Crippen MR) is 88.2 cm³/mol. The van der Waals surface area contributed by atoms with E-state index in [0.717, 1.165) is 31.4 Å². The molecule has 1 aromatic carbocycles. The van der Waals surface area contributed by atoms with Gasteiger partial charge in [0.15, 0.2) is 0 Å². The molecule has 0 aromatic heterocycles.